The van der Waals surface area contributed by atoms with Crippen molar-refractivity contribution in [2.45, 2.75) is 6.42 Å². The first kappa shape index (κ1) is 18.3. The van der Waals surface area contributed by atoms with Crippen LogP contribution < -0.4 is 10.2 Å². The van der Waals surface area contributed by atoms with Gasteiger partial charge in [-0.15, -0.1) is 0 Å². The van der Waals surface area contributed by atoms with Gasteiger partial charge in [0.1, 0.15) is 0 Å². The maximum atomic E-state index is 11.7. The first-order chi connectivity index (χ1) is 13.7. The standard InChI is InChI=1S/C22H23N3O3/c1-27-22(26)15-16-14-20(17-6-2-3-7-18(17)23-16)24-19-8-4-5-9-21(19)25-10-12-28-13-11-25/h2-9,14H,10-13,15H2,1H3,(H,23,24). The minimum Gasteiger partial charge on any atom is -0.469 e. The molecule has 1 aromatic heterocycles. The number of carbonyl (C=O) groups excluding carboxylic acids is 1. The SMILES string of the molecule is COC(=O)Cc1cc(Nc2ccccc2N2CCOCC2)c2ccccc2n1. The maximum Gasteiger partial charge on any atom is 0.311 e. The van der Waals surface area contributed by atoms with Crippen molar-refractivity contribution >= 4 is 33.9 Å². The number of anilines is 3. The molecule has 1 aliphatic rings. The molecular weight excluding hydrogens is 354 g/mol. The third kappa shape index (κ3) is 3.92. The number of morpholine rings is 1. The van der Waals surface area contributed by atoms with Gasteiger partial charge >= 0.3 is 5.97 Å². The number of rotatable bonds is 5. The molecular formula is C22H23N3O3. The Labute approximate surface area is 164 Å². The van der Waals surface area contributed by atoms with Crippen LogP contribution in [0.5, 0.6) is 0 Å². The zero-order valence-corrected chi connectivity index (χ0v) is 15.9. The molecule has 0 radical (unpaired) electrons. The van der Waals surface area contributed by atoms with Crippen LogP contribution in [0.3, 0.4) is 0 Å². The van der Waals surface area contributed by atoms with E-state index in [1.165, 1.54) is 7.11 Å². The van der Waals surface area contributed by atoms with Crippen LogP contribution in [0.15, 0.2) is 54.6 Å². The fourth-order valence-electron chi connectivity index (χ4n) is 3.45. The second-order valence-electron chi connectivity index (χ2n) is 6.67. The average molecular weight is 377 g/mol. The van der Waals surface area contributed by atoms with Crippen LogP contribution in [0, 0.1) is 0 Å². The molecule has 1 aliphatic heterocycles. The van der Waals surface area contributed by atoms with E-state index in [0.29, 0.717) is 5.69 Å². The molecule has 0 atom stereocenters. The highest BCUT2D eigenvalue weighted by atomic mass is 16.5. The predicted molar refractivity (Wildman–Crippen MR) is 110 cm³/mol. The summed E-state index contributed by atoms with van der Waals surface area (Å²) < 4.78 is 10.3. The molecule has 6 heteroatoms. The number of aromatic nitrogens is 1. The first-order valence-electron chi connectivity index (χ1n) is 9.39. The molecule has 1 N–H and O–H groups in total. The van der Waals surface area contributed by atoms with E-state index in [4.69, 9.17) is 9.47 Å². The van der Waals surface area contributed by atoms with E-state index >= 15 is 0 Å². The zero-order valence-electron chi connectivity index (χ0n) is 15.9. The normalized spacial score (nSPS) is 14.1. The monoisotopic (exact) mass is 377 g/mol. The summed E-state index contributed by atoms with van der Waals surface area (Å²) in [6.45, 7) is 3.19. The number of ether oxygens (including phenoxy) is 2. The Morgan fingerprint density at radius 3 is 2.68 bits per heavy atom. The van der Waals surface area contributed by atoms with Crippen molar-refractivity contribution in [3.05, 3.63) is 60.3 Å². The Kier molecular flexibility index (Phi) is 5.39. The molecule has 3 aromatic rings. The van der Waals surface area contributed by atoms with E-state index in [-0.39, 0.29) is 12.4 Å². The van der Waals surface area contributed by atoms with Crippen molar-refractivity contribution in [3.8, 4) is 0 Å². The summed E-state index contributed by atoms with van der Waals surface area (Å²) in [7, 11) is 1.39. The molecule has 4 rings (SSSR count). The Morgan fingerprint density at radius 2 is 1.86 bits per heavy atom. The number of para-hydroxylation sites is 3. The molecule has 0 spiro atoms. The van der Waals surface area contributed by atoms with Crippen LogP contribution in [0.25, 0.3) is 10.9 Å². The van der Waals surface area contributed by atoms with Gasteiger partial charge in [-0.2, -0.15) is 0 Å². The molecule has 0 saturated carbocycles. The lowest BCUT2D eigenvalue weighted by Crippen LogP contribution is -2.36. The lowest BCUT2D eigenvalue weighted by Gasteiger charge is -2.30. The van der Waals surface area contributed by atoms with Crippen LogP contribution in [-0.2, 0) is 20.7 Å². The van der Waals surface area contributed by atoms with Gasteiger partial charge in [-0.25, -0.2) is 0 Å². The van der Waals surface area contributed by atoms with Gasteiger partial charge in [0.15, 0.2) is 0 Å². The summed E-state index contributed by atoms with van der Waals surface area (Å²) in [6.07, 6.45) is 0.140. The summed E-state index contributed by atoms with van der Waals surface area (Å²) in [6, 6.07) is 18.1. The third-order valence-corrected chi connectivity index (χ3v) is 4.85. The molecule has 1 fully saturated rings. The second-order valence-corrected chi connectivity index (χ2v) is 6.67. The number of esters is 1. The quantitative estimate of drug-likeness (QED) is 0.687. The van der Waals surface area contributed by atoms with Gasteiger partial charge < -0.3 is 19.7 Å². The van der Waals surface area contributed by atoms with E-state index in [2.05, 4.69) is 27.3 Å². The van der Waals surface area contributed by atoms with Gasteiger partial charge in [0.25, 0.3) is 0 Å². The highest BCUT2D eigenvalue weighted by Gasteiger charge is 2.16. The average Bonchev–Trinajstić information content (AvgIpc) is 2.74. The Bertz CT molecular complexity index is 984. The van der Waals surface area contributed by atoms with Crippen molar-refractivity contribution in [1.82, 2.24) is 4.98 Å². The van der Waals surface area contributed by atoms with E-state index < -0.39 is 0 Å². The number of carbonyl (C=O) groups is 1. The van der Waals surface area contributed by atoms with Crippen LogP contribution in [-0.4, -0.2) is 44.4 Å². The maximum absolute atomic E-state index is 11.7. The summed E-state index contributed by atoms with van der Waals surface area (Å²) in [5, 5.41) is 4.58. The van der Waals surface area contributed by atoms with Crippen LogP contribution in [0.1, 0.15) is 5.69 Å². The molecule has 0 aliphatic carbocycles. The molecule has 28 heavy (non-hydrogen) atoms. The number of benzene rings is 2. The fourth-order valence-corrected chi connectivity index (χ4v) is 3.45. The fraction of sp³-hybridized carbons (Fsp3) is 0.273. The Balaban J connectivity index is 1.72. The number of hydrogen-bond acceptors (Lipinski definition) is 6. The Morgan fingerprint density at radius 1 is 1.11 bits per heavy atom. The largest absolute Gasteiger partial charge is 0.469 e. The molecule has 2 aromatic carbocycles. The summed E-state index contributed by atoms with van der Waals surface area (Å²) in [5.74, 6) is -0.303. The number of nitrogens with zero attached hydrogens (tertiary/aromatic N) is 2. The van der Waals surface area contributed by atoms with Crippen molar-refractivity contribution in [2.75, 3.05) is 43.6 Å². The van der Waals surface area contributed by atoms with Gasteiger partial charge in [0, 0.05) is 24.2 Å². The zero-order chi connectivity index (χ0) is 19.3. The number of methoxy groups -OCH3 is 1. The molecule has 0 bridgehead atoms. The molecule has 6 nitrogen and oxygen atoms in total. The van der Waals surface area contributed by atoms with Gasteiger partial charge in [-0.1, -0.05) is 30.3 Å². The second kappa shape index (κ2) is 8.27. The highest BCUT2D eigenvalue weighted by Crippen LogP contribution is 2.32. The van der Waals surface area contributed by atoms with Crippen molar-refractivity contribution < 1.29 is 14.3 Å². The number of fused-ring (bicyclic) bond motifs is 1. The molecule has 144 valence electrons. The van der Waals surface area contributed by atoms with Gasteiger partial charge in [0.05, 0.1) is 49.3 Å². The van der Waals surface area contributed by atoms with Gasteiger partial charge in [0.2, 0.25) is 0 Å². The highest BCUT2D eigenvalue weighted by molar-refractivity contribution is 5.95. The van der Waals surface area contributed by atoms with E-state index in [9.17, 15) is 4.79 Å². The predicted octanol–water partition coefficient (Wildman–Crippen LogP) is 3.53. The number of nitrogens with one attached hydrogen (secondary N) is 1. The minimum absolute atomic E-state index is 0.140. The first-order valence-corrected chi connectivity index (χ1v) is 9.39. The van der Waals surface area contributed by atoms with E-state index in [1.54, 1.807) is 0 Å². The van der Waals surface area contributed by atoms with Crippen LogP contribution >= 0.6 is 0 Å². The number of hydrogen-bond donors (Lipinski definition) is 1. The Hall–Kier alpha value is -3.12. The van der Waals surface area contributed by atoms with Crippen molar-refractivity contribution in [2.24, 2.45) is 0 Å². The summed E-state index contributed by atoms with van der Waals surface area (Å²) in [5.41, 5.74) is 4.60. The topological polar surface area (TPSA) is 63.7 Å². The third-order valence-electron chi connectivity index (χ3n) is 4.85. The molecule has 0 unspecified atom stereocenters. The lowest BCUT2D eigenvalue weighted by molar-refractivity contribution is -0.139. The van der Waals surface area contributed by atoms with Crippen LogP contribution in [0.2, 0.25) is 0 Å². The molecule has 2 heterocycles. The number of pyridine rings is 1. The van der Waals surface area contributed by atoms with Crippen molar-refractivity contribution in [1.29, 1.82) is 0 Å². The van der Waals surface area contributed by atoms with E-state index in [0.717, 1.165) is 54.3 Å². The molecule has 1 saturated heterocycles. The van der Waals surface area contributed by atoms with Crippen LogP contribution in [0.4, 0.5) is 17.1 Å². The summed E-state index contributed by atoms with van der Waals surface area (Å²) >= 11 is 0. The molecule has 0 amide bonds. The summed E-state index contributed by atoms with van der Waals surface area (Å²) in [4.78, 5) is 18.7. The van der Waals surface area contributed by atoms with Gasteiger partial charge in [-0.05, 0) is 24.3 Å². The van der Waals surface area contributed by atoms with Crippen molar-refractivity contribution in [3.63, 3.8) is 0 Å². The smallest absolute Gasteiger partial charge is 0.311 e. The minimum atomic E-state index is -0.303. The van der Waals surface area contributed by atoms with E-state index in [1.807, 2.05) is 42.5 Å². The lowest BCUT2D eigenvalue weighted by atomic mass is 10.1. The van der Waals surface area contributed by atoms with Gasteiger partial charge in [-0.3, -0.25) is 9.78 Å².